The fourth-order valence-electron chi connectivity index (χ4n) is 1.72. The zero-order valence-corrected chi connectivity index (χ0v) is 13.1. The number of sulfone groups is 1. The molecule has 0 bridgehead atoms. The highest BCUT2D eigenvalue weighted by Crippen LogP contribution is 2.23. The SMILES string of the molecule is CCS(=O)(=O)c1ccc(Cc2ccc(Cl)c(Cl)c2)nc1. The van der Waals surface area contributed by atoms with Gasteiger partial charge < -0.3 is 0 Å². The number of nitrogens with zero attached hydrogens (tertiary/aromatic N) is 1. The first-order chi connectivity index (χ1) is 9.42. The van der Waals surface area contributed by atoms with Crippen LogP contribution in [0.2, 0.25) is 10.0 Å². The summed E-state index contributed by atoms with van der Waals surface area (Å²) < 4.78 is 23.4. The summed E-state index contributed by atoms with van der Waals surface area (Å²) in [6.07, 6.45) is 1.97. The summed E-state index contributed by atoms with van der Waals surface area (Å²) in [5, 5.41) is 1.00. The first-order valence-electron chi connectivity index (χ1n) is 6.04. The molecule has 0 aliphatic rings. The smallest absolute Gasteiger partial charge is 0.179 e. The molecule has 1 aromatic heterocycles. The Hall–Kier alpha value is -1.10. The number of aromatic nitrogens is 1. The van der Waals surface area contributed by atoms with E-state index in [9.17, 15) is 8.42 Å². The molecule has 2 rings (SSSR count). The van der Waals surface area contributed by atoms with Gasteiger partial charge in [-0.15, -0.1) is 0 Å². The summed E-state index contributed by atoms with van der Waals surface area (Å²) in [7, 11) is -3.20. The van der Waals surface area contributed by atoms with Gasteiger partial charge in [0, 0.05) is 18.3 Å². The van der Waals surface area contributed by atoms with Crippen molar-refractivity contribution in [3.05, 3.63) is 57.8 Å². The van der Waals surface area contributed by atoms with E-state index in [1.54, 1.807) is 31.2 Å². The minimum atomic E-state index is -3.20. The standard InChI is InChI=1S/C14H13Cl2NO2S/c1-2-20(18,19)12-5-4-11(17-9-12)7-10-3-6-13(15)14(16)8-10/h3-6,8-9H,2,7H2,1H3. The molecule has 0 amide bonds. The fraction of sp³-hybridized carbons (Fsp3) is 0.214. The van der Waals surface area contributed by atoms with Crippen molar-refractivity contribution in [2.75, 3.05) is 5.75 Å². The van der Waals surface area contributed by atoms with Gasteiger partial charge in [0.15, 0.2) is 9.84 Å². The molecule has 106 valence electrons. The van der Waals surface area contributed by atoms with Crippen molar-refractivity contribution in [1.82, 2.24) is 4.98 Å². The zero-order chi connectivity index (χ0) is 14.8. The van der Waals surface area contributed by atoms with Crippen LogP contribution in [-0.4, -0.2) is 19.2 Å². The highest BCUT2D eigenvalue weighted by molar-refractivity contribution is 7.91. The number of hydrogen-bond acceptors (Lipinski definition) is 3. The van der Waals surface area contributed by atoms with Crippen molar-refractivity contribution < 1.29 is 8.42 Å². The number of halogens is 2. The second-order valence-corrected chi connectivity index (χ2v) is 7.41. The molecular weight excluding hydrogens is 317 g/mol. The van der Waals surface area contributed by atoms with Gasteiger partial charge >= 0.3 is 0 Å². The largest absolute Gasteiger partial charge is 0.260 e. The third-order valence-corrected chi connectivity index (χ3v) is 5.36. The zero-order valence-electron chi connectivity index (χ0n) is 10.8. The molecular formula is C14H13Cl2NO2S. The van der Waals surface area contributed by atoms with E-state index in [1.807, 2.05) is 6.07 Å². The lowest BCUT2D eigenvalue weighted by atomic mass is 10.1. The summed E-state index contributed by atoms with van der Waals surface area (Å²) in [4.78, 5) is 4.43. The normalized spacial score (nSPS) is 11.6. The lowest BCUT2D eigenvalue weighted by Gasteiger charge is -2.05. The van der Waals surface area contributed by atoms with Crippen LogP contribution in [-0.2, 0) is 16.3 Å². The first-order valence-corrected chi connectivity index (χ1v) is 8.45. The molecule has 0 fully saturated rings. The highest BCUT2D eigenvalue weighted by atomic mass is 35.5. The average molecular weight is 330 g/mol. The molecule has 6 heteroatoms. The van der Waals surface area contributed by atoms with Gasteiger partial charge in [-0.1, -0.05) is 36.2 Å². The van der Waals surface area contributed by atoms with Crippen molar-refractivity contribution in [2.24, 2.45) is 0 Å². The van der Waals surface area contributed by atoms with Crippen molar-refractivity contribution >= 4 is 33.0 Å². The van der Waals surface area contributed by atoms with Gasteiger partial charge in [0.05, 0.1) is 20.7 Å². The third-order valence-electron chi connectivity index (χ3n) is 2.91. The van der Waals surface area contributed by atoms with Crippen LogP contribution in [0.25, 0.3) is 0 Å². The first kappa shape index (κ1) is 15.3. The molecule has 2 aromatic rings. The van der Waals surface area contributed by atoms with E-state index in [1.165, 1.54) is 6.20 Å². The molecule has 0 saturated heterocycles. The third kappa shape index (κ3) is 3.51. The molecule has 0 saturated carbocycles. The van der Waals surface area contributed by atoms with Gasteiger partial charge in [-0.05, 0) is 29.8 Å². The van der Waals surface area contributed by atoms with Crippen LogP contribution in [0.1, 0.15) is 18.2 Å². The number of pyridine rings is 1. The van der Waals surface area contributed by atoms with Crippen molar-refractivity contribution in [2.45, 2.75) is 18.2 Å². The number of benzene rings is 1. The lowest BCUT2D eigenvalue weighted by molar-refractivity contribution is 0.597. The summed E-state index contributed by atoms with van der Waals surface area (Å²) >= 11 is 11.8. The van der Waals surface area contributed by atoms with Crippen LogP contribution < -0.4 is 0 Å². The van der Waals surface area contributed by atoms with Crippen molar-refractivity contribution in [3.63, 3.8) is 0 Å². The average Bonchev–Trinajstić information content (AvgIpc) is 2.43. The Balaban J connectivity index is 2.21. The molecule has 0 spiro atoms. The van der Waals surface area contributed by atoms with Crippen LogP contribution in [0.15, 0.2) is 41.4 Å². The number of rotatable bonds is 4. The maximum absolute atomic E-state index is 11.7. The minimum Gasteiger partial charge on any atom is -0.260 e. The molecule has 0 aliphatic heterocycles. The maximum atomic E-state index is 11.7. The molecule has 0 unspecified atom stereocenters. The summed E-state index contributed by atoms with van der Waals surface area (Å²) in [5.74, 6) is 0.0703. The molecule has 1 heterocycles. The second-order valence-electron chi connectivity index (χ2n) is 4.31. The van der Waals surface area contributed by atoms with E-state index in [0.717, 1.165) is 11.3 Å². The molecule has 20 heavy (non-hydrogen) atoms. The maximum Gasteiger partial charge on any atom is 0.179 e. The van der Waals surface area contributed by atoms with Crippen LogP contribution in [0, 0.1) is 0 Å². The van der Waals surface area contributed by atoms with Gasteiger partial charge in [-0.25, -0.2) is 8.42 Å². The van der Waals surface area contributed by atoms with E-state index >= 15 is 0 Å². The highest BCUT2D eigenvalue weighted by Gasteiger charge is 2.11. The monoisotopic (exact) mass is 329 g/mol. The number of hydrogen-bond donors (Lipinski definition) is 0. The molecule has 0 N–H and O–H groups in total. The van der Waals surface area contributed by atoms with Gasteiger partial charge in [-0.2, -0.15) is 0 Å². The Morgan fingerprint density at radius 2 is 1.85 bits per heavy atom. The van der Waals surface area contributed by atoms with Crippen LogP contribution in [0.4, 0.5) is 0 Å². The predicted molar refractivity (Wildman–Crippen MR) is 81.2 cm³/mol. The minimum absolute atomic E-state index is 0.0703. The van der Waals surface area contributed by atoms with E-state index < -0.39 is 9.84 Å². The van der Waals surface area contributed by atoms with E-state index in [-0.39, 0.29) is 10.6 Å². The Morgan fingerprint density at radius 3 is 2.40 bits per heavy atom. The van der Waals surface area contributed by atoms with Crippen molar-refractivity contribution in [1.29, 1.82) is 0 Å². The molecule has 0 aliphatic carbocycles. The Bertz CT molecular complexity index is 712. The van der Waals surface area contributed by atoms with Crippen LogP contribution in [0.3, 0.4) is 0 Å². The Labute approximate surface area is 128 Å². The van der Waals surface area contributed by atoms with Crippen LogP contribution >= 0.6 is 23.2 Å². The summed E-state index contributed by atoms with van der Waals surface area (Å²) in [6, 6.07) is 8.67. The van der Waals surface area contributed by atoms with Gasteiger partial charge in [0.2, 0.25) is 0 Å². The molecule has 0 radical (unpaired) electrons. The molecule has 3 nitrogen and oxygen atoms in total. The van der Waals surface area contributed by atoms with Gasteiger partial charge in [0.25, 0.3) is 0 Å². The summed E-state index contributed by atoms with van der Waals surface area (Å²) in [6.45, 7) is 1.61. The van der Waals surface area contributed by atoms with E-state index in [4.69, 9.17) is 23.2 Å². The quantitative estimate of drug-likeness (QED) is 0.857. The molecule has 0 atom stereocenters. The van der Waals surface area contributed by atoms with Gasteiger partial charge in [0.1, 0.15) is 0 Å². The topological polar surface area (TPSA) is 47.0 Å². The van der Waals surface area contributed by atoms with Crippen molar-refractivity contribution in [3.8, 4) is 0 Å². The lowest BCUT2D eigenvalue weighted by Crippen LogP contribution is -2.04. The van der Waals surface area contributed by atoms with Gasteiger partial charge in [-0.3, -0.25) is 4.98 Å². The van der Waals surface area contributed by atoms with Crippen LogP contribution in [0.5, 0.6) is 0 Å². The second kappa shape index (κ2) is 6.12. The molecule has 1 aromatic carbocycles. The fourth-order valence-corrected chi connectivity index (χ4v) is 2.87. The predicted octanol–water partition coefficient (Wildman–Crippen LogP) is 3.77. The Morgan fingerprint density at radius 1 is 1.10 bits per heavy atom. The summed E-state index contributed by atoms with van der Waals surface area (Å²) in [5.41, 5.74) is 1.75. The van der Waals surface area contributed by atoms with E-state index in [0.29, 0.717) is 16.5 Å². The van der Waals surface area contributed by atoms with E-state index in [2.05, 4.69) is 4.98 Å². The Kier molecular flexibility index (Phi) is 4.68.